The minimum Gasteiger partial charge on any atom is -0.109 e. The first-order valence-corrected chi connectivity index (χ1v) is 4.44. The van der Waals surface area contributed by atoms with E-state index in [0.29, 0.717) is 5.92 Å². The van der Waals surface area contributed by atoms with Crippen molar-refractivity contribution in [2.75, 3.05) is 0 Å². The molecule has 0 saturated carbocycles. The van der Waals surface area contributed by atoms with Crippen LogP contribution in [-0.4, -0.2) is 7.85 Å². The summed E-state index contributed by atoms with van der Waals surface area (Å²) in [6.07, 6.45) is 3.26. The molecule has 0 fully saturated rings. The van der Waals surface area contributed by atoms with Crippen molar-refractivity contribution in [1.29, 1.82) is 0 Å². The van der Waals surface area contributed by atoms with Gasteiger partial charge in [-0.25, -0.2) is 0 Å². The molecule has 0 aromatic heterocycles. The fraction of sp³-hybridized carbons (Fsp3) is 0.636. The van der Waals surface area contributed by atoms with Crippen molar-refractivity contribution in [3.05, 3.63) is 11.6 Å². The first-order chi connectivity index (χ1) is 5.61. The molecule has 64 valence electrons. The topological polar surface area (TPSA) is 0 Å². The van der Waals surface area contributed by atoms with Gasteiger partial charge in [-0.3, -0.25) is 0 Å². The van der Waals surface area contributed by atoms with Gasteiger partial charge in [0.2, 0.25) is 0 Å². The zero-order valence-electron chi connectivity index (χ0n) is 8.52. The predicted molar refractivity (Wildman–Crippen MR) is 56.2 cm³/mol. The van der Waals surface area contributed by atoms with Gasteiger partial charge in [-0.1, -0.05) is 18.6 Å². The number of allylic oxidation sites excluding steroid dienone is 2. The van der Waals surface area contributed by atoms with E-state index in [1.165, 1.54) is 5.57 Å². The molecule has 2 unspecified atom stereocenters. The summed E-state index contributed by atoms with van der Waals surface area (Å²) < 4.78 is 0. The molecule has 1 heteroatoms. The van der Waals surface area contributed by atoms with Crippen molar-refractivity contribution >= 4 is 7.85 Å². The maximum atomic E-state index is 5.87. The molecule has 2 radical (unpaired) electrons. The Morgan fingerprint density at radius 3 is 2.42 bits per heavy atom. The Balaban J connectivity index is 4.31. The summed E-state index contributed by atoms with van der Waals surface area (Å²) in [5.74, 6) is 6.24. The lowest BCUT2D eigenvalue weighted by Gasteiger charge is -2.14. The molecule has 12 heavy (non-hydrogen) atoms. The van der Waals surface area contributed by atoms with Gasteiger partial charge in [0.05, 0.1) is 7.85 Å². The van der Waals surface area contributed by atoms with Crippen LogP contribution < -0.4 is 0 Å². The lowest BCUT2D eigenvalue weighted by molar-refractivity contribution is 0.642. The summed E-state index contributed by atoms with van der Waals surface area (Å²) in [6, 6.07) is 0. The molecule has 0 saturated heterocycles. The molecule has 0 aliphatic heterocycles. The van der Waals surface area contributed by atoms with Crippen LogP contribution in [0.15, 0.2) is 11.6 Å². The number of hydrogen-bond acceptors (Lipinski definition) is 0. The van der Waals surface area contributed by atoms with Crippen molar-refractivity contribution in [2.45, 2.75) is 39.9 Å². The first kappa shape index (κ1) is 11.4. The standard InChI is InChI=1S/C11H17B/c1-5-7-11(12)10(6-2)8-9(3)4/h8,10-11H,6H2,1-4H3. The van der Waals surface area contributed by atoms with Gasteiger partial charge in [-0.2, -0.15) is 0 Å². The van der Waals surface area contributed by atoms with E-state index in [2.05, 4.69) is 38.7 Å². The highest BCUT2D eigenvalue weighted by molar-refractivity contribution is 6.14. The second-order valence-electron chi connectivity index (χ2n) is 3.24. The molecular weight excluding hydrogens is 143 g/mol. The molecule has 0 aliphatic carbocycles. The van der Waals surface area contributed by atoms with Crippen LogP contribution in [0.25, 0.3) is 0 Å². The maximum Gasteiger partial charge on any atom is 0.0883 e. The van der Waals surface area contributed by atoms with Crippen LogP contribution >= 0.6 is 0 Å². The van der Waals surface area contributed by atoms with E-state index in [9.17, 15) is 0 Å². The normalized spacial score (nSPS) is 14.0. The van der Waals surface area contributed by atoms with E-state index in [1.54, 1.807) is 0 Å². The third-order valence-corrected chi connectivity index (χ3v) is 1.79. The maximum absolute atomic E-state index is 5.87. The second kappa shape index (κ2) is 5.95. The van der Waals surface area contributed by atoms with E-state index in [1.807, 2.05) is 6.92 Å². The average Bonchev–Trinajstić information content (AvgIpc) is 2.00. The monoisotopic (exact) mass is 160 g/mol. The SMILES string of the molecule is [B]C(C#CC)C(C=C(C)C)CC. The summed E-state index contributed by atoms with van der Waals surface area (Å²) in [4.78, 5) is 0. The summed E-state index contributed by atoms with van der Waals surface area (Å²) >= 11 is 0. The highest BCUT2D eigenvalue weighted by atomic mass is 14.1. The lowest BCUT2D eigenvalue weighted by atomic mass is 9.75. The highest BCUT2D eigenvalue weighted by Gasteiger charge is 2.08. The van der Waals surface area contributed by atoms with Crippen LogP contribution in [0.3, 0.4) is 0 Å². The second-order valence-corrected chi connectivity index (χ2v) is 3.24. The van der Waals surface area contributed by atoms with Gasteiger partial charge in [0.25, 0.3) is 0 Å². The summed E-state index contributed by atoms with van der Waals surface area (Å²) in [5, 5.41) is 0. The molecular formula is C11H17B. The first-order valence-electron chi connectivity index (χ1n) is 4.44. The van der Waals surface area contributed by atoms with Gasteiger partial charge in [0.1, 0.15) is 0 Å². The van der Waals surface area contributed by atoms with Gasteiger partial charge in [-0.15, -0.1) is 11.8 Å². The molecule has 2 atom stereocenters. The number of hydrogen-bond donors (Lipinski definition) is 0. The molecule has 0 nitrogen and oxygen atoms in total. The van der Waals surface area contributed by atoms with E-state index >= 15 is 0 Å². The summed E-state index contributed by atoms with van der Waals surface area (Å²) in [6.45, 7) is 8.15. The molecule has 0 heterocycles. The minimum absolute atomic E-state index is 0.00472. The highest BCUT2D eigenvalue weighted by Crippen LogP contribution is 2.20. The zero-order chi connectivity index (χ0) is 9.56. The van der Waals surface area contributed by atoms with Gasteiger partial charge in [0, 0.05) is 0 Å². The largest absolute Gasteiger partial charge is 0.109 e. The lowest BCUT2D eigenvalue weighted by Crippen LogP contribution is -2.04. The Morgan fingerprint density at radius 2 is 2.08 bits per heavy atom. The Kier molecular flexibility index (Phi) is 5.63. The van der Waals surface area contributed by atoms with Crippen LogP contribution in [0, 0.1) is 17.8 Å². The van der Waals surface area contributed by atoms with Crippen LogP contribution in [0.2, 0.25) is 5.82 Å². The van der Waals surface area contributed by atoms with Crippen LogP contribution in [0.1, 0.15) is 34.1 Å². The predicted octanol–water partition coefficient (Wildman–Crippen LogP) is 2.96. The summed E-state index contributed by atoms with van der Waals surface area (Å²) in [5.41, 5.74) is 1.32. The number of rotatable bonds is 3. The molecule has 0 spiro atoms. The van der Waals surface area contributed by atoms with Gasteiger partial charge in [-0.05, 0) is 38.9 Å². The van der Waals surface area contributed by atoms with Gasteiger partial charge < -0.3 is 0 Å². The van der Waals surface area contributed by atoms with Crippen molar-refractivity contribution < 1.29 is 0 Å². The smallest absolute Gasteiger partial charge is 0.0883 e. The molecule has 0 aliphatic rings. The Hall–Kier alpha value is -0.635. The zero-order valence-corrected chi connectivity index (χ0v) is 8.52. The molecule has 0 aromatic carbocycles. The van der Waals surface area contributed by atoms with E-state index in [0.717, 1.165) is 6.42 Å². The molecule has 0 amide bonds. The Bertz CT molecular complexity index is 201. The fourth-order valence-corrected chi connectivity index (χ4v) is 1.18. The van der Waals surface area contributed by atoms with Gasteiger partial charge in [0.15, 0.2) is 0 Å². The van der Waals surface area contributed by atoms with Crippen molar-refractivity contribution in [2.24, 2.45) is 5.92 Å². The van der Waals surface area contributed by atoms with Crippen LogP contribution in [0.4, 0.5) is 0 Å². The Morgan fingerprint density at radius 1 is 1.50 bits per heavy atom. The molecule has 0 bridgehead atoms. The van der Waals surface area contributed by atoms with Crippen LogP contribution in [0.5, 0.6) is 0 Å². The van der Waals surface area contributed by atoms with Crippen LogP contribution in [-0.2, 0) is 0 Å². The third-order valence-electron chi connectivity index (χ3n) is 1.79. The van der Waals surface area contributed by atoms with E-state index in [-0.39, 0.29) is 5.82 Å². The third kappa shape index (κ3) is 4.29. The van der Waals surface area contributed by atoms with E-state index in [4.69, 9.17) is 7.85 Å². The molecule has 0 N–H and O–H groups in total. The minimum atomic E-state index is -0.00472. The average molecular weight is 160 g/mol. The quantitative estimate of drug-likeness (QED) is 0.338. The summed E-state index contributed by atoms with van der Waals surface area (Å²) in [7, 11) is 5.87. The van der Waals surface area contributed by atoms with Crippen molar-refractivity contribution in [3.8, 4) is 11.8 Å². The fourth-order valence-electron chi connectivity index (χ4n) is 1.18. The van der Waals surface area contributed by atoms with E-state index < -0.39 is 0 Å². The Labute approximate surface area is 77.9 Å². The van der Waals surface area contributed by atoms with Crippen molar-refractivity contribution in [1.82, 2.24) is 0 Å². The van der Waals surface area contributed by atoms with Gasteiger partial charge >= 0.3 is 0 Å². The molecule has 0 aromatic rings. The molecule has 0 rings (SSSR count). The van der Waals surface area contributed by atoms with Crippen molar-refractivity contribution in [3.63, 3.8) is 0 Å².